The summed E-state index contributed by atoms with van der Waals surface area (Å²) in [6, 6.07) is 2.02. The molecule has 1 aromatic heterocycles. The highest BCUT2D eigenvalue weighted by atomic mass is 35.5. The zero-order valence-electron chi connectivity index (χ0n) is 16.2. The van der Waals surface area contributed by atoms with E-state index in [2.05, 4.69) is 15.6 Å². The van der Waals surface area contributed by atoms with Gasteiger partial charge in [-0.2, -0.15) is 13.2 Å². The molecule has 2 amide bonds. The van der Waals surface area contributed by atoms with Gasteiger partial charge in [0.05, 0.1) is 0 Å². The van der Waals surface area contributed by atoms with Gasteiger partial charge in [-0.15, -0.1) is 0 Å². The Morgan fingerprint density at radius 2 is 1.90 bits per heavy atom. The molecule has 29 heavy (non-hydrogen) atoms. The molecule has 3 heterocycles. The van der Waals surface area contributed by atoms with Crippen LogP contribution in [0.1, 0.15) is 51.0 Å². The highest BCUT2D eigenvalue weighted by Gasteiger charge is 2.49. The van der Waals surface area contributed by atoms with Crippen molar-refractivity contribution in [1.29, 1.82) is 0 Å². The summed E-state index contributed by atoms with van der Waals surface area (Å²) in [5.74, 6) is -0.290. The number of likely N-dealkylation sites (tertiary alicyclic amines) is 1. The van der Waals surface area contributed by atoms with Crippen molar-refractivity contribution in [3.05, 3.63) is 28.5 Å². The van der Waals surface area contributed by atoms with Crippen molar-refractivity contribution in [1.82, 2.24) is 20.5 Å². The van der Waals surface area contributed by atoms with Crippen molar-refractivity contribution in [3.8, 4) is 0 Å². The minimum atomic E-state index is -4.61. The minimum Gasteiger partial charge on any atom is -0.444 e. The Balaban J connectivity index is 1.69. The molecule has 3 rings (SSSR count). The zero-order chi connectivity index (χ0) is 21.6. The third-order valence-electron chi connectivity index (χ3n) is 4.88. The van der Waals surface area contributed by atoms with E-state index in [9.17, 15) is 22.8 Å². The highest BCUT2D eigenvalue weighted by molar-refractivity contribution is 6.30. The van der Waals surface area contributed by atoms with E-state index in [0.29, 0.717) is 25.9 Å². The van der Waals surface area contributed by atoms with Crippen molar-refractivity contribution in [2.24, 2.45) is 0 Å². The summed E-state index contributed by atoms with van der Waals surface area (Å²) in [6.07, 6.45) is -5.15. The largest absolute Gasteiger partial charge is 0.444 e. The summed E-state index contributed by atoms with van der Waals surface area (Å²) in [4.78, 5) is 29.8. The summed E-state index contributed by atoms with van der Waals surface area (Å²) in [6.45, 7) is 5.93. The summed E-state index contributed by atoms with van der Waals surface area (Å²) in [5, 5.41) is 5.52. The number of halogens is 4. The van der Waals surface area contributed by atoms with Crippen LogP contribution in [0.25, 0.3) is 0 Å². The Morgan fingerprint density at radius 1 is 1.28 bits per heavy atom. The quantitative estimate of drug-likeness (QED) is 0.663. The number of amides is 2. The van der Waals surface area contributed by atoms with Crippen LogP contribution in [0.15, 0.2) is 12.1 Å². The molecule has 160 valence electrons. The van der Waals surface area contributed by atoms with Gasteiger partial charge < -0.3 is 15.0 Å². The number of rotatable bonds is 1. The van der Waals surface area contributed by atoms with E-state index in [1.165, 1.54) is 11.0 Å². The van der Waals surface area contributed by atoms with Gasteiger partial charge in [0.15, 0.2) is 0 Å². The summed E-state index contributed by atoms with van der Waals surface area (Å²) >= 11 is 5.94. The molecule has 1 atom stereocenters. The van der Waals surface area contributed by atoms with Crippen LogP contribution in [0.4, 0.5) is 18.0 Å². The number of carbonyl (C=O) groups excluding carboxylic acids is 2. The number of aromatic nitrogens is 1. The summed E-state index contributed by atoms with van der Waals surface area (Å²) in [7, 11) is 0. The van der Waals surface area contributed by atoms with Gasteiger partial charge in [0.25, 0.3) is 0 Å². The lowest BCUT2D eigenvalue weighted by molar-refractivity contribution is -0.141. The van der Waals surface area contributed by atoms with E-state index in [1.54, 1.807) is 20.8 Å². The fraction of sp³-hybridized carbons (Fsp3) is 0.611. The highest BCUT2D eigenvalue weighted by Crippen LogP contribution is 2.35. The molecule has 0 radical (unpaired) electrons. The molecule has 0 bridgehead atoms. The molecule has 2 N–H and O–H groups in total. The Morgan fingerprint density at radius 3 is 2.41 bits per heavy atom. The normalized spacial score (nSPS) is 22.0. The number of ether oxygens (including phenoxy) is 1. The monoisotopic (exact) mass is 434 g/mol. The Bertz CT molecular complexity index is 818. The Hall–Kier alpha value is -2.07. The molecule has 2 aliphatic rings. The fourth-order valence-corrected chi connectivity index (χ4v) is 3.65. The molecule has 1 spiro atoms. The average Bonchev–Trinajstić information content (AvgIpc) is 2.89. The number of hydrogen-bond acceptors (Lipinski definition) is 5. The van der Waals surface area contributed by atoms with E-state index in [4.69, 9.17) is 16.3 Å². The molecule has 7 nitrogen and oxygen atoms in total. The number of piperidine rings is 1. The molecule has 11 heteroatoms. The van der Waals surface area contributed by atoms with Crippen molar-refractivity contribution >= 4 is 23.6 Å². The van der Waals surface area contributed by atoms with Crippen molar-refractivity contribution in [2.45, 2.75) is 57.1 Å². The standard InChI is InChI=1S/C18H22ClF3N4O3/c1-16(2,3)29-15(28)26-8-6-17(7-9-26)14(27)24-13(25-17)10-4-5-11(18(20,21)22)23-12(10)19/h4-5,13,25H,6-9H2,1-3H3,(H,24,27). The maximum atomic E-state index is 12.8. The van der Waals surface area contributed by atoms with Crippen LogP contribution >= 0.6 is 11.6 Å². The molecule has 2 saturated heterocycles. The predicted octanol–water partition coefficient (Wildman–Crippen LogP) is 3.24. The molecule has 0 saturated carbocycles. The second-order valence-corrected chi connectivity index (χ2v) is 8.53. The van der Waals surface area contributed by atoms with Gasteiger partial charge in [0.1, 0.15) is 28.2 Å². The molecule has 2 aliphatic heterocycles. The van der Waals surface area contributed by atoms with Gasteiger partial charge in [-0.3, -0.25) is 10.1 Å². The van der Waals surface area contributed by atoms with Gasteiger partial charge >= 0.3 is 12.3 Å². The SMILES string of the molecule is CC(C)(C)OC(=O)N1CCC2(CC1)NC(c1ccc(C(F)(F)F)nc1Cl)NC2=O. The smallest absolute Gasteiger partial charge is 0.433 e. The number of carbonyl (C=O) groups is 2. The van der Waals surface area contributed by atoms with Gasteiger partial charge in [-0.25, -0.2) is 9.78 Å². The molecular formula is C18H22ClF3N4O3. The summed E-state index contributed by atoms with van der Waals surface area (Å²) in [5.41, 5.74) is -2.41. The van der Waals surface area contributed by atoms with Gasteiger partial charge in [0, 0.05) is 18.7 Å². The molecule has 1 unspecified atom stereocenters. The number of pyridine rings is 1. The third-order valence-corrected chi connectivity index (χ3v) is 5.18. The van der Waals surface area contributed by atoms with Crippen LogP contribution in [0.5, 0.6) is 0 Å². The number of nitrogens with one attached hydrogen (secondary N) is 2. The van der Waals surface area contributed by atoms with E-state index in [-0.39, 0.29) is 16.6 Å². The molecule has 0 aromatic carbocycles. The van der Waals surface area contributed by atoms with Crippen LogP contribution < -0.4 is 10.6 Å². The van der Waals surface area contributed by atoms with Crippen LogP contribution in [-0.2, 0) is 15.7 Å². The predicted molar refractivity (Wildman–Crippen MR) is 98.0 cm³/mol. The van der Waals surface area contributed by atoms with Crippen LogP contribution in [-0.4, -0.2) is 46.1 Å². The van der Waals surface area contributed by atoms with Crippen LogP contribution in [0.3, 0.4) is 0 Å². The summed E-state index contributed by atoms with van der Waals surface area (Å²) < 4.78 is 43.7. The topological polar surface area (TPSA) is 83.6 Å². The lowest BCUT2D eigenvalue weighted by atomic mass is 9.88. The maximum absolute atomic E-state index is 12.8. The third kappa shape index (κ3) is 4.58. The van der Waals surface area contributed by atoms with Gasteiger partial charge in [-0.1, -0.05) is 17.7 Å². The molecule has 1 aromatic rings. The first kappa shape index (κ1) is 21.6. The van der Waals surface area contributed by atoms with Gasteiger partial charge in [0.2, 0.25) is 5.91 Å². The van der Waals surface area contributed by atoms with Crippen molar-refractivity contribution in [3.63, 3.8) is 0 Å². The van der Waals surface area contributed by atoms with Crippen molar-refractivity contribution < 1.29 is 27.5 Å². The van der Waals surface area contributed by atoms with Crippen molar-refractivity contribution in [2.75, 3.05) is 13.1 Å². The number of nitrogens with zero attached hydrogens (tertiary/aromatic N) is 2. The maximum Gasteiger partial charge on any atom is 0.433 e. The van der Waals surface area contributed by atoms with Crippen LogP contribution in [0, 0.1) is 0 Å². The van der Waals surface area contributed by atoms with E-state index < -0.39 is 35.3 Å². The van der Waals surface area contributed by atoms with E-state index in [1.807, 2.05) is 0 Å². The lowest BCUT2D eigenvalue weighted by Crippen LogP contribution is -2.56. The Kier molecular flexibility index (Phi) is 5.46. The molecular weight excluding hydrogens is 413 g/mol. The van der Waals surface area contributed by atoms with E-state index >= 15 is 0 Å². The lowest BCUT2D eigenvalue weighted by Gasteiger charge is -2.38. The first-order valence-corrected chi connectivity index (χ1v) is 9.49. The fourth-order valence-electron chi connectivity index (χ4n) is 3.39. The minimum absolute atomic E-state index is 0.250. The first-order chi connectivity index (χ1) is 13.3. The molecule has 0 aliphatic carbocycles. The zero-order valence-corrected chi connectivity index (χ0v) is 16.9. The first-order valence-electron chi connectivity index (χ1n) is 9.11. The van der Waals surface area contributed by atoms with Gasteiger partial charge in [-0.05, 0) is 39.7 Å². The van der Waals surface area contributed by atoms with Crippen LogP contribution in [0.2, 0.25) is 5.15 Å². The number of hydrogen-bond donors (Lipinski definition) is 2. The number of alkyl halides is 3. The second kappa shape index (κ2) is 7.32. The second-order valence-electron chi connectivity index (χ2n) is 8.17. The molecule has 2 fully saturated rings. The Labute approximate surface area is 170 Å². The van der Waals surface area contributed by atoms with E-state index in [0.717, 1.165) is 6.07 Å². The average molecular weight is 435 g/mol.